The molecule has 2 unspecified atom stereocenters. The van der Waals surface area contributed by atoms with Crippen molar-refractivity contribution in [3.63, 3.8) is 0 Å². The second-order valence-electron chi connectivity index (χ2n) is 3.59. The topological polar surface area (TPSA) is 64.2 Å². The molecular weight excluding hydrogens is 202 g/mol. The number of fused-ring (bicyclic) bond motifs is 1. The Kier molecular flexibility index (Phi) is 2.86. The highest BCUT2D eigenvalue weighted by Gasteiger charge is 2.19. The highest BCUT2D eigenvalue weighted by Crippen LogP contribution is 2.25. The largest absolute Gasteiger partial charge is 0.385 e. The predicted octanol–water partition coefficient (Wildman–Crippen LogP) is 1.76. The highest BCUT2D eigenvalue weighted by atomic mass is 16.3. The molecule has 16 heavy (non-hydrogen) atoms. The van der Waals surface area contributed by atoms with Crippen molar-refractivity contribution in [3.05, 3.63) is 48.0 Å². The van der Waals surface area contributed by atoms with Crippen LogP contribution >= 0.6 is 0 Å². The van der Waals surface area contributed by atoms with Crippen molar-refractivity contribution in [3.8, 4) is 6.07 Å². The minimum atomic E-state index is -1.40. The zero-order valence-electron chi connectivity index (χ0n) is 8.54. The van der Waals surface area contributed by atoms with Gasteiger partial charge in [0.25, 0.3) is 0 Å². The maximum Gasteiger partial charge on any atom is 0.170 e. The van der Waals surface area contributed by atoms with E-state index in [0.29, 0.717) is 5.56 Å². The summed E-state index contributed by atoms with van der Waals surface area (Å²) in [7, 11) is 0. The molecule has 2 N–H and O–H groups in total. The monoisotopic (exact) mass is 213 g/mol. The third-order valence-corrected chi connectivity index (χ3v) is 2.57. The summed E-state index contributed by atoms with van der Waals surface area (Å²) in [5.41, 5.74) is 0.576. The van der Waals surface area contributed by atoms with Gasteiger partial charge in [-0.3, -0.25) is 0 Å². The Hall–Kier alpha value is -1.89. The fraction of sp³-hybridized carbons (Fsp3) is 0.154. The zero-order chi connectivity index (χ0) is 11.5. The maximum absolute atomic E-state index is 9.81. The van der Waals surface area contributed by atoms with Gasteiger partial charge >= 0.3 is 0 Å². The minimum absolute atomic E-state index is 0.576. The zero-order valence-corrected chi connectivity index (χ0v) is 8.54. The Morgan fingerprint density at radius 3 is 2.44 bits per heavy atom. The second-order valence-corrected chi connectivity index (χ2v) is 3.59. The van der Waals surface area contributed by atoms with Crippen LogP contribution in [0.5, 0.6) is 0 Å². The van der Waals surface area contributed by atoms with Crippen molar-refractivity contribution in [2.75, 3.05) is 0 Å². The third kappa shape index (κ3) is 1.76. The van der Waals surface area contributed by atoms with Gasteiger partial charge in [-0.05, 0) is 16.3 Å². The van der Waals surface area contributed by atoms with Crippen molar-refractivity contribution < 1.29 is 10.2 Å². The lowest BCUT2D eigenvalue weighted by atomic mass is 9.98. The summed E-state index contributed by atoms with van der Waals surface area (Å²) >= 11 is 0. The van der Waals surface area contributed by atoms with Gasteiger partial charge in [0.2, 0.25) is 0 Å². The number of rotatable bonds is 2. The predicted molar refractivity (Wildman–Crippen MR) is 60.5 cm³/mol. The Bertz CT molecular complexity index is 540. The van der Waals surface area contributed by atoms with Crippen LogP contribution in [0.3, 0.4) is 0 Å². The quantitative estimate of drug-likeness (QED) is 0.747. The van der Waals surface area contributed by atoms with E-state index in [2.05, 4.69) is 0 Å². The van der Waals surface area contributed by atoms with E-state index in [9.17, 15) is 10.2 Å². The molecular formula is C13H11NO2. The van der Waals surface area contributed by atoms with Crippen LogP contribution in [0.25, 0.3) is 10.8 Å². The van der Waals surface area contributed by atoms with Gasteiger partial charge in [-0.1, -0.05) is 42.5 Å². The summed E-state index contributed by atoms with van der Waals surface area (Å²) in [6, 6.07) is 14.6. The Morgan fingerprint density at radius 2 is 1.69 bits per heavy atom. The highest BCUT2D eigenvalue weighted by molar-refractivity contribution is 5.86. The Morgan fingerprint density at radius 1 is 1.00 bits per heavy atom. The molecule has 2 aromatic carbocycles. The lowest BCUT2D eigenvalue weighted by Gasteiger charge is -2.14. The van der Waals surface area contributed by atoms with Gasteiger partial charge in [0.15, 0.2) is 6.10 Å². The van der Waals surface area contributed by atoms with Gasteiger partial charge in [0.05, 0.1) is 6.07 Å². The van der Waals surface area contributed by atoms with Crippen molar-refractivity contribution in [2.24, 2.45) is 0 Å². The molecule has 0 amide bonds. The minimum Gasteiger partial charge on any atom is -0.385 e. The number of nitriles is 1. The molecule has 0 fully saturated rings. The van der Waals surface area contributed by atoms with Crippen molar-refractivity contribution in [2.45, 2.75) is 12.2 Å². The average molecular weight is 213 g/mol. The number of hydrogen-bond acceptors (Lipinski definition) is 3. The maximum atomic E-state index is 9.81. The molecule has 0 heterocycles. The molecule has 0 saturated heterocycles. The molecule has 80 valence electrons. The standard InChI is InChI=1S/C13H11NO2/c14-8-12(15)13(16)11-7-3-5-9-4-1-2-6-10(9)11/h1-7,12-13,15-16H. The molecule has 0 saturated carbocycles. The first-order valence-corrected chi connectivity index (χ1v) is 4.97. The van der Waals surface area contributed by atoms with Crippen LogP contribution in [-0.4, -0.2) is 16.3 Å². The van der Waals surface area contributed by atoms with Crippen LogP contribution in [0.2, 0.25) is 0 Å². The summed E-state index contributed by atoms with van der Waals surface area (Å²) < 4.78 is 0. The molecule has 3 heteroatoms. The fourth-order valence-electron chi connectivity index (χ4n) is 1.75. The van der Waals surface area contributed by atoms with E-state index in [4.69, 9.17) is 5.26 Å². The van der Waals surface area contributed by atoms with E-state index in [1.165, 1.54) is 0 Å². The van der Waals surface area contributed by atoms with E-state index in [1.807, 2.05) is 30.3 Å². The molecule has 0 aliphatic heterocycles. The van der Waals surface area contributed by atoms with Crippen molar-refractivity contribution in [1.82, 2.24) is 0 Å². The molecule has 0 aliphatic carbocycles. The SMILES string of the molecule is N#CC(O)C(O)c1cccc2ccccc12. The Labute approximate surface area is 93.2 Å². The van der Waals surface area contributed by atoms with E-state index < -0.39 is 12.2 Å². The molecule has 0 spiro atoms. The van der Waals surface area contributed by atoms with Crippen LogP contribution < -0.4 is 0 Å². The normalized spacial score (nSPS) is 14.3. The molecule has 0 radical (unpaired) electrons. The van der Waals surface area contributed by atoms with Crippen LogP contribution in [-0.2, 0) is 0 Å². The van der Waals surface area contributed by atoms with Crippen molar-refractivity contribution >= 4 is 10.8 Å². The lowest BCUT2D eigenvalue weighted by Crippen LogP contribution is -2.15. The number of benzene rings is 2. The van der Waals surface area contributed by atoms with E-state index in [-0.39, 0.29) is 0 Å². The molecule has 0 bridgehead atoms. The number of aliphatic hydroxyl groups is 2. The molecule has 0 aromatic heterocycles. The van der Waals surface area contributed by atoms with Gasteiger partial charge in [0, 0.05) is 0 Å². The lowest BCUT2D eigenvalue weighted by molar-refractivity contribution is 0.0538. The van der Waals surface area contributed by atoms with E-state index in [0.717, 1.165) is 10.8 Å². The summed E-state index contributed by atoms with van der Waals surface area (Å²) in [5.74, 6) is 0. The number of aliphatic hydroxyl groups excluding tert-OH is 2. The number of nitrogens with zero attached hydrogens (tertiary/aromatic N) is 1. The molecule has 2 rings (SSSR count). The van der Waals surface area contributed by atoms with Crippen LogP contribution in [0.1, 0.15) is 11.7 Å². The molecule has 2 atom stereocenters. The first-order chi connectivity index (χ1) is 7.74. The van der Waals surface area contributed by atoms with Crippen LogP contribution in [0.15, 0.2) is 42.5 Å². The molecule has 2 aromatic rings. The summed E-state index contributed by atoms with van der Waals surface area (Å²) in [5, 5.41) is 29.6. The smallest absolute Gasteiger partial charge is 0.170 e. The van der Waals surface area contributed by atoms with Gasteiger partial charge in [0.1, 0.15) is 6.10 Å². The van der Waals surface area contributed by atoms with Crippen LogP contribution in [0.4, 0.5) is 0 Å². The van der Waals surface area contributed by atoms with Gasteiger partial charge in [-0.15, -0.1) is 0 Å². The van der Waals surface area contributed by atoms with Crippen molar-refractivity contribution in [1.29, 1.82) is 5.26 Å². The summed E-state index contributed by atoms with van der Waals surface area (Å²) in [6.07, 6.45) is -2.57. The average Bonchev–Trinajstić information content (AvgIpc) is 2.36. The summed E-state index contributed by atoms with van der Waals surface area (Å²) in [4.78, 5) is 0. The van der Waals surface area contributed by atoms with E-state index in [1.54, 1.807) is 18.2 Å². The van der Waals surface area contributed by atoms with Gasteiger partial charge in [-0.25, -0.2) is 0 Å². The summed E-state index contributed by atoms with van der Waals surface area (Å²) in [6.45, 7) is 0. The Balaban J connectivity index is 2.57. The van der Waals surface area contributed by atoms with Gasteiger partial charge < -0.3 is 10.2 Å². The second kappa shape index (κ2) is 4.31. The van der Waals surface area contributed by atoms with E-state index >= 15 is 0 Å². The van der Waals surface area contributed by atoms with Crippen LogP contribution in [0, 0.1) is 11.3 Å². The fourth-order valence-corrected chi connectivity index (χ4v) is 1.75. The number of hydrogen-bond donors (Lipinski definition) is 2. The molecule has 3 nitrogen and oxygen atoms in total. The van der Waals surface area contributed by atoms with Gasteiger partial charge in [-0.2, -0.15) is 5.26 Å². The molecule has 0 aliphatic rings. The third-order valence-electron chi connectivity index (χ3n) is 2.57. The first kappa shape index (κ1) is 10.6. The first-order valence-electron chi connectivity index (χ1n) is 4.97.